The number of rotatable bonds is 10. The smallest absolute Gasteiger partial charge is 0.274 e. The van der Waals surface area contributed by atoms with E-state index in [0.717, 1.165) is 47.6 Å². The molecule has 10 nitrogen and oxygen atoms in total. The van der Waals surface area contributed by atoms with E-state index < -0.39 is 23.6 Å². The topological polar surface area (TPSA) is 137 Å². The molecule has 44 heavy (non-hydrogen) atoms. The number of H-pyrrole nitrogens is 1. The average molecular weight is 598 g/mol. The molecular formula is C32H33F2N9O. The van der Waals surface area contributed by atoms with Crippen molar-refractivity contribution >= 4 is 23.2 Å². The third-order valence-corrected chi connectivity index (χ3v) is 7.64. The normalized spacial score (nSPS) is 15.1. The molecule has 4 aromatic rings. The first-order valence-corrected chi connectivity index (χ1v) is 14.2. The zero-order valence-corrected chi connectivity index (χ0v) is 24.7. The summed E-state index contributed by atoms with van der Waals surface area (Å²) in [5.74, 6) is -1.73. The minimum Gasteiger partial charge on any atom is -0.364 e. The number of halogens is 2. The minimum atomic E-state index is -1.02. The van der Waals surface area contributed by atoms with E-state index in [1.165, 1.54) is 12.3 Å². The third-order valence-electron chi connectivity index (χ3n) is 7.64. The fourth-order valence-corrected chi connectivity index (χ4v) is 5.20. The largest absolute Gasteiger partial charge is 0.364 e. The van der Waals surface area contributed by atoms with Crippen LogP contribution in [-0.4, -0.2) is 58.8 Å². The van der Waals surface area contributed by atoms with Gasteiger partial charge in [0.15, 0.2) is 28.8 Å². The van der Waals surface area contributed by atoms with Crippen molar-refractivity contribution in [1.82, 2.24) is 25.2 Å². The lowest BCUT2D eigenvalue weighted by Crippen LogP contribution is -2.40. The summed E-state index contributed by atoms with van der Waals surface area (Å²) in [7, 11) is 4.11. The lowest BCUT2D eigenvalue weighted by atomic mass is 9.92. The van der Waals surface area contributed by atoms with Crippen molar-refractivity contribution in [3.05, 3.63) is 106 Å². The van der Waals surface area contributed by atoms with E-state index in [1.54, 1.807) is 6.92 Å². The predicted octanol–water partition coefficient (Wildman–Crippen LogP) is 4.94. The summed E-state index contributed by atoms with van der Waals surface area (Å²) in [6.07, 6.45) is 4.13. The van der Waals surface area contributed by atoms with E-state index in [9.17, 15) is 18.8 Å². The van der Waals surface area contributed by atoms with Crippen molar-refractivity contribution in [2.24, 2.45) is 0 Å². The molecule has 0 spiro atoms. The van der Waals surface area contributed by atoms with Crippen molar-refractivity contribution in [2.45, 2.75) is 31.8 Å². The molecular weight excluding hydrogens is 564 g/mol. The summed E-state index contributed by atoms with van der Waals surface area (Å²) in [6, 6.07) is 14.4. The zero-order valence-electron chi connectivity index (χ0n) is 24.7. The number of aromatic amines is 1. The van der Waals surface area contributed by atoms with Gasteiger partial charge < -0.3 is 25.4 Å². The number of nitrogens with one attached hydrogen (secondary N) is 4. The predicted molar refractivity (Wildman–Crippen MR) is 164 cm³/mol. The van der Waals surface area contributed by atoms with Crippen LogP contribution < -0.4 is 15.5 Å². The van der Waals surface area contributed by atoms with Crippen molar-refractivity contribution < 1.29 is 13.6 Å². The molecule has 0 radical (unpaired) electrons. The Morgan fingerprint density at radius 3 is 2.68 bits per heavy atom. The number of anilines is 2. The molecule has 0 saturated carbocycles. The molecule has 2 aromatic heterocycles. The van der Waals surface area contributed by atoms with Crippen LogP contribution in [0.2, 0.25) is 0 Å². The number of nitriles is 1. The van der Waals surface area contributed by atoms with Gasteiger partial charge in [0.25, 0.3) is 5.91 Å². The number of hydrogen-bond donors (Lipinski definition) is 4. The van der Waals surface area contributed by atoms with Gasteiger partial charge in [-0.25, -0.2) is 18.7 Å². The molecule has 1 aliphatic rings. The molecule has 1 amide bonds. The second-order valence-electron chi connectivity index (χ2n) is 11.0. The van der Waals surface area contributed by atoms with Crippen molar-refractivity contribution in [2.75, 3.05) is 37.4 Å². The van der Waals surface area contributed by atoms with Gasteiger partial charge in [-0.1, -0.05) is 18.2 Å². The standard InChI is InChI=1S/C32H33F2N9O/c1-19(21-6-9-26(33)27(34)14-21)40-32(44)29-31(39-17-23(15-35)41-29)38-16-20-4-7-24(8-5-20)43-18-22(11-13-42(2)3)28-25(30(43)36)10-12-37-28/h4-10,12,14,17,19,22,36-37H,11,13,16,18H2,1-3H3,(H,38,39)(H,40,44)/t19-,22?/m0/s1. The van der Waals surface area contributed by atoms with Crippen LogP contribution in [0.3, 0.4) is 0 Å². The van der Waals surface area contributed by atoms with Gasteiger partial charge in [-0.2, -0.15) is 5.26 Å². The first-order chi connectivity index (χ1) is 21.1. The minimum absolute atomic E-state index is 0.0380. The highest BCUT2D eigenvalue weighted by Crippen LogP contribution is 2.33. The van der Waals surface area contributed by atoms with Crippen LogP contribution in [0.5, 0.6) is 0 Å². The summed E-state index contributed by atoms with van der Waals surface area (Å²) in [4.78, 5) is 29.1. The molecule has 2 atom stereocenters. The third kappa shape index (κ3) is 6.58. The number of aromatic nitrogens is 3. The Balaban J connectivity index is 1.28. The number of benzene rings is 2. The molecule has 4 N–H and O–H groups in total. The van der Waals surface area contributed by atoms with Crippen molar-refractivity contribution in [1.29, 1.82) is 10.7 Å². The number of amidine groups is 1. The van der Waals surface area contributed by atoms with E-state index in [0.29, 0.717) is 24.5 Å². The highest BCUT2D eigenvalue weighted by Gasteiger charge is 2.30. The maximum Gasteiger partial charge on any atom is 0.274 e. The first kappa shape index (κ1) is 30.3. The molecule has 0 fully saturated rings. The molecule has 1 aliphatic heterocycles. The van der Waals surface area contributed by atoms with Crippen LogP contribution in [0, 0.1) is 28.4 Å². The maximum atomic E-state index is 13.7. The Hall–Kier alpha value is -5.15. The lowest BCUT2D eigenvalue weighted by Gasteiger charge is -2.35. The highest BCUT2D eigenvalue weighted by molar-refractivity contribution is 6.10. The molecule has 226 valence electrons. The van der Waals surface area contributed by atoms with Gasteiger partial charge in [-0.15, -0.1) is 0 Å². The molecule has 2 aromatic carbocycles. The molecule has 3 heterocycles. The molecule has 5 rings (SSSR count). The van der Waals surface area contributed by atoms with E-state index in [4.69, 9.17) is 5.41 Å². The van der Waals surface area contributed by atoms with Gasteiger partial charge in [-0.05, 0) is 75.4 Å². The molecule has 0 bridgehead atoms. The van der Waals surface area contributed by atoms with Crippen molar-refractivity contribution in [3.63, 3.8) is 0 Å². The van der Waals surface area contributed by atoms with Gasteiger partial charge in [0.1, 0.15) is 11.9 Å². The summed E-state index contributed by atoms with van der Waals surface area (Å²) >= 11 is 0. The number of carbonyl (C=O) groups excluding carboxylic acids is 1. The van der Waals surface area contributed by atoms with Crippen molar-refractivity contribution in [3.8, 4) is 6.07 Å². The SMILES string of the molecule is C[C@H](NC(=O)c1nc(C#N)cnc1NCc1ccc(N2CC(CCN(C)C)c3[nH]ccc3C2=N)cc1)c1ccc(F)c(F)c1. The summed E-state index contributed by atoms with van der Waals surface area (Å²) < 4.78 is 27.1. The quantitative estimate of drug-likeness (QED) is 0.203. The number of carbonyl (C=O) groups is 1. The van der Waals surface area contributed by atoms with Gasteiger partial charge in [0, 0.05) is 42.1 Å². The fourth-order valence-electron chi connectivity index (χ4n) is 5.20. The fraction of sp³-hybridized carbons (Fsp3) is 0.281. The van der Waals surface area contributed by atoms with Crippen LogP contribution in [0.15, 0.2) is 60.9 Å². The Bertz CT molecular complexity index is 1710. The van der Waals surface area contributed by atoms with E-state index in [1.807, 2.05) is 47.5 Å². The van der Waals surface area contributed by atoms with E-state index in [2.05, 4.69) is 44.6 Å². The molecule has 1 unspecified atom stereocenters. The lowest BCUT2D eigenvalue weighted by molar-refractivity contribution is 0.0935. The molecule has 12 heteroatoms. The number of hydrogen-bond acceptors (Lipinski definition) is 7. The Morgan fingerprint density at radius 1 is 1.20 bits per heavy atom. The molecule has 0 saturated heterocycles. The maximum absolute atomic E-state index is 13.7. The van der Waals surface area contributed by atoms with E-state index in [-0.39, 0.29) is 23.1 Å². The average Bonchev–Trinajstić information content (AvgIpc) is 3.52. The number of amides is 1. The summed E-state index contributed by atoms with van der Waals surface area (Å²) in [5, 5.41) is 24.0. The summed E-state index contributed by atoms with van der Waals surface area (Å²) in [5.41, 5.74) is 4.06. The second-order valence-corrected chi connectivity index (χ2v) is 11.0. The van der Waals surface area contributed by atoms with Gasteiger partial charge in [0.05, 0.1) is 12.2 Å². The highest BCUT2D eigenvalue weighted by atomic mass is 19.2. The van der Waals surface area contributed by atoms with Crippen LogP contribution in [-0.2, 0) is 6.54 Å². The van der Waals surface area contributed by atoms with E-state index >= 15 is 0 Å². The van der Waals surface area contributed by atoms with Gasteiger partial charge in [0.2, 0.25) is 0 Å². The monoisotopic (exact) mass is 597 g/mol. The zero-order chi connectivity index (χ0) is 31.4. The van der Waals surface area contributed by atoms with Gasteiger partial charge in [-0.3, -0.25) is 10.2 Å². The summed E-state index contributed by atoms with van der Waals surface area (Å²) in [6.45, 7) is 3.58. The van der Waals surface area contributed by atoms with Crippen LogP contribution in [0.25, 0.3) is 0 Å². The van der Waals surface area contributed by atoms with Gasteiger partial charge >= 0.3 is 0 Å². The first-order valence-electron chi connectivity index (χ1n) is 14.2. The second kappa shape index (κ2) is 13.0. The number of fused-ring (bicyclic) bond motifs is 1. The Morgan fingerprint density at radius 2 is 1.98 bits per heavy atom. The Kier molecular flexibility index (Phi) is 8.96. The Labute approximate surface area is 254 Å². The molecule has 0 aliphatic carbocycles. The van der Waals surface area contributed by atoms with Crippen LogP contribution in [0.1, 0.15) is 63.9 Å². The van der Waals surface area contributed by atoms with Crippen LogP contribution in [0.4, 0.5) is 20.3 Å². The number of nitrogens with zero attached hydrogens (tertiary/aromatic N) is 5. The van der Waals surface area contributed by atoms with Crippen LogP contribution >= 0.6 is 0 Å².